The zero-order valence-electron chi connectivity index (χ0n) is 10.4. The van der Waals surface area contributed by atoms with Crippen LogP contribution in [0.25, 0.3) is 0 Å². The molecule has 0 N–H and O–H groups in total. The Morgan fingerprint density at radius 2 is 1.89 bits per heavy atom. The lowest BCUT2D eigenvalue weighted by molar-refractivity contribution is -0.162. The summed E-state index contributed by atoms with van der Waals surface area (Å²) in [5, 5.41) is 0. The highest BCUT2D eigenvalue weighted by Crippen LogP contribution is 2.32. The molecule has 0 spiro atoms. The average Bonchev–Trinajstić information content (AvgIpc) is 2.52. The van der Waals surface area contributed by atoms with Crippen LogP contribution in [0.5, 0.6) is 0 Å². The Balaban J connectivity index is 0.00000137. The number of nitrogens with zero attached hydrogens (tertiary/aromatic N) is 1. The maximum atomic E-state index is 13.0. The summed E-state index contributed by atoms with van der Waals surface area (Å²) in [6.45, 7) is 2.26. The average molecular weight is 277 g/mol. The van der Waals surface area contributed by atoms with Crippen LogP contribution in [0.3, 0.4) is 0 Å². The normalized spacial score (nSPS) is 22.2. The lowest BCUT2D eigenvalue weighted by Gasteiger charge is -2.16. The predicted molar refractivity (Wildman–Crippen MR) is 54.4 cm³/mol. The first-order chi connectivity index (χ1) is 8.12. The van der Waals surface area contributed by atoms with Crippen molar-refractivity contribution in [2.24, 2.45) is 5.92 Å². The zero-order chi connectivity index (χ0) is 14.6. The molecule has 0 aliphatic carbocycles. The van der Waals surface area contributed by atoms with Gasteiger partial charge in [0, 0.05) is 12.5 Å². The molecule has 1 amide bonds. The fraction of sp³-hybridized carbons (Fsp3) is 0.900. The minimum absolute atomic E-state index is 0.302. The first-order valence-corrected chi connectivity index (χ1v) is 5.48. The maximum absolute atomic E-state index is 13.0. The molecule has 8 heteroatoms. The Kier molecular flexibility index (Phi) is 5.82. The predicted octanol–water partition coefficient (Wildman–Crippen LogP) is 3.30. The van der Waals surface area contributed by atoms with Crippen molar-refractivity contribution < 1.29 is 31.5 Å². The lowest BCUT2D eigenvalue weighted by Crippen LogP contribution is -2.34. The number of amides is 1. The fourth-order valence-electron chi connectivity index (χ4n) is 1.31. The van der Waals surface area contributed by atoms with E-state index in [2.05, 4.69) is 4.74 Å². The molecule has 108 valence electrons. The van der Waals surface area contributed by atoms with Gasteiger partial charge in [-0.3, -0.25) is 0 Å². The van der Waals surface area contributed by atoms with Crippen LogP contribution in [0.2, 0.25) is 0 Å². The number of ether oxygens (including phenoxy) is 1. The SMILES string of the molecule is CC.CC1CN(C(=O)OCC(F)(F)F)CC1(F)F. The van der Waals surface area contributed by atoms with Crippen molar-refractivity contribution in [3.63, 3.8) is 0 Å². The molecule has 0 radical (unpaired) electrons. The van der Waals surface area contributed by atoms with E-state index < -0.39 is 37.3 Å². The minimum atomic E-state index is -4.65. The van der Waals surface area contributed by atoms with Gasteiger partial charge in [0.15, 0.2) is 6.61 Å². The van der Waals surface area contributed by atoms with Gasteiger partial charge in [0.05, 0.1) is 6.54 Å². The Labute approximate surface area is 102 Å². The summed E-state index contributed by atoms with van der Waals surface area (Å²) in [5.41, 5.74) is 0. The monoisotopic (exact) mass is 277 g/mol. The quantitative estimate of drug-likeness (QED) is 0.688. The van der Waals surface area contributed by atoms with Crippen LogP contribution in [-0.2, 0) is 4.74 Å². The minimum Gasteiger partial charge on any atom is -0.440 e. The summed E-state index contributed by atoms with van der Waals surface area (Å²) in [4.78, 5) is 11.6. The Morgan fingerprint density at radius 1 is 1.39 bits per heavy atom. The van der Waals surface area contributed by atoms with Crippen molar-refractivity contribution in [1.82, 2.24) is 4.90 Å². The molecule has 1 fully saturated rings. The van der Waals surface area contributed by atoms with Gasteiger partial charge >= 0.3 is 12.3 Å². The van der Waals surface area contributed by atoms with Crippen LogP contribution < -0.4 is 0 Å². The third-order valence-corrected chi connectivity index (χ3v) is 2.23. The summed E-state index contributed by atoms with van der Waals surface area (Å²) in [5.74, 6) is -4.15. The van der Waals surface area contributed by atoms with Crippen molar-refractivity contribution >= 4 is 6.09 Å². The van der Waals surface area contributed by atoms with E-state index in [1.165, 1.54) is 6.92 Å². The number of halogens is 5. The number of rotatable bonds is 1. The van der Waals surface area contributed by atoms with Crippen LogP contribution in [0.4, 0.5) is 26.7 Å². The number of hydrogen-bond donors (Lipinski definition) is 0. The molecule has 1 atom stereocenters. The number of hydrogen-bond acceptors (Lipinski definition) is 2. The summed E-state index contributed by atoms with van der Waals surface area (Å²) >= 11 is 0. The van der Waals surface area contributed by atoms with Crippen LogP contribution in [0.15, 0.2) is 0 Å². The molecule has 1 aliphatic heterocycles. The Hall–Kier alpha value is -1.08. The van der Waals surface area contributed by atoms with Crippen molar-refractivity contribution in [1.29, 1.82) is 0 Å². The number of alkyl halides is 5. The summed E-state index contributed by atoms with van der Waals surface area (Å²) in [6.07, 6.45) is -6.01. The van der Waals surface area contributed by atoms with Crippen LogP contribution >= 0.6 is 0 Å². The fourth-order valence-corrected chi connectivity index (χ4v) is 1.31. The van der Waals surface area contributed by atoms with E-state index in [-0.39, 0.29) is 6.54 Å². The van der Waals surface area contributed by atoms with Gasteiger partial charge in [0.25, 0.3) is 5.92 Å². The summed E-state index contributed by atoms with van der Waals surface area (Å²) in [6, 6.07) is 0. The second-order valence-corrected chi connectivity index (χ2v) is 3.71. The van der Waals surface area contributed by atoms with Gasteiger partial charge in [0.1, 0.15) is 0 Å². The maximum Gasteiger partial charge on any atom is 0.422 e. The molecule has 1 heterocycles. The van der Waals surface area contributed by atoms with Gasteiger partial charge in [-0.05, 0) is 0 Å². The molecule has 3 nitrogen and oxygen atoms in total. The molecule has 0 saturated carbocycles. The topological polar surface area (TPSA) is 29.5 Å². The molecule has 0 aromatic heterocycles. The molecule has 1 unspecified atom stereocenters. The molecule has 1 aliphatic rings. The van der Waals surface area contributed by atoms with Gasteiger partial charge in [-0.2, -0.15) is 13.2 Å². The van der Waals surface area contributed by atoms with Crippen LogP contribution in [-0.4, -0.2) is 42.8 Å². The molecule has 0 aromatic carbocycles. The van der Waals surface area contributed by atoms with E-state index in [0.29, 0.717) is 4.90 Å². The largest absolute Gasteiger partial charge is 0.440 e. The third kappa shape index (κ3) is 5.05. The number of carbonyl (C=O) groups excluding carboxylic acids is 1. The van der Waals surface area contributed by atoms with E-state index in [9.17, 15) is 26.7 Å². The second kappa shape index (κ2) is 6.19. The highest BCUT2D eigenvalue weighted by molar-refractivity contribution is 5.68. The van der Waals surface area contributed by atoms with E-state index in [4.69, 9.17) is 0 Å². The standard InChI is InChI=1S/C8H10F5NO2.C2H6/c1-5-2-14(3-7(5,9)10)6(15)16-4-8(11,12)13;1-2/h5H,2-4H2,1H3;1-2H3. The molecule has 0 aromatic rings. The lowest BCUT2D eigenvalue weighted by atomic mass is 10.1. The molecule has 0 bridgehead atoms. The molecular formula is C10H16F5NO2. The van der Waals surface area contributed by atoms with Gasteiger partial charge in [0.2, 0.25) is 0 Å². The van der Waals surface area contributed by atoms with Crippen LogP contribution in [0.1, 0.15) is 20.8 Å². The van der Waals surface area contributed by atoms with Gasteiger partial charge < -0.3 is 9.64 Å². The van der Waals surface area contributed by atoms with Crippen molar-refractivity contribution in [2.45, 2.75) is 32.9 Å². The van der Waals surface area contributed by atoms with E-state index >= 15 is 0 Å². The molecular weight excluding hydrogens is 261 g/mol. The molecule has 1 saturated heterocycles. The number of likely N-dealkylation sites (tertiary alicyclic amines) is 1. The Morgan fingerprint density at radius 3 is 2.22 bits per heavy atom. The zero-order valence-corrected chi connectivity index (χ0v) is 10.4. The van der Waals surface area contributed by atoms with Gasteiger partial charge in [-0.1, -0.05) is 20.8 Å². The summed E-state index contributed by atoms with van der Waals surface area (Å²) in [7, 11) is 0. The van der Waals surface area contributed by atoms with E-state index in [1.54, 1.807) is 0 Å². The van der Waals surface area contributed by atoms with Gasteiger partial charge in [-0.15, -0.1) is 0 Å². The van der Waals surface area contributed by atoms with Crippen molar-refractivity contribution in [2.75, 3.05) is 19.7 Å². The summed E-state index contributed by atoms with van der Waals surface area (Å²) < 4.78 is 64.8. The Bertz CT molecular complexity index is 280. The molecule has 1 rings (SSSR count). The van der Waals surface area contributed by atoms with Crippen molar-refractivity contribution in [3.8, 4) is 0 Å². The van der Waals surface area contributed by atoms with E-state index in [1.807, 2.05) is 13.8 Å². The van der Waals surface area contributed by atoms with Gasteiger partial charge in [-0.25, -0.2) is 13.6 Å². The number of carbonyl (C=O) groups is 1. The molecule has 18 heavy (non-hydrogen) atoms. The second-order valence-electron chi connectivity index (χ2n) is 3.71. The first kappa shape index (κ1) is 16.9. The highest BCUT2D eigenvalue weighted by Gasteiger charge is 2.47. The van der Waals surface area contributed by atoms with E-state index in [0.717, 1.165) is 0 Å². The third-order valence-electron chi connectivity index (χ3n) is 2.23. The highest BCUT2D eigenvalue weighted by atomic mass is 19.4. The first-order valence-electron chi connectivity index (χ1n) is 5.48. The smallest absolute Gasteiger partial charge is 0.422 e. The van der Waals surface area contributed by atoms with Crippen LogP contribution in [0, 0.1) is 5.92 Å². The van der Waals surface area contributed by atoms with Crippen molar-refractivity contribution in [3.05, 3.63) is 0 Å².